The lowest BCUT2D eigenvalue weighted by atomic mass is 9.73. The van der Waals surface area contributed by atoms with Gasteiger partial charge in [0.1, 0.15) is 0 Å². The smallest absolute Gasteiger partial charge is 0.255 e. The van der Waals surface area contributed by atoms with Crippen LogP contribution in [-0.4, -0.2) is 35.8 Å². The summed E-state index contributed by atoms with van der Waals surface area (Å²) in [5.74, 6) is -0.356. The van der Waals surface area contributed by atoms with Crippen LogP contribution >= 0.6 is 12.2 Å². The maximum atomic E-state index is 12.3. The highest BCUT2D eigenvalue weighted by molar-refractivity contribution is 7.80. The van der Waals surface area contributed by atoms with Gasteiger partial charge in [0.2, 0.25) is 5.91 Å². The Labute approximate surface area is 105 Å². The van der Waals surface area contributed by atoms with E-state index in [-0.39, 0.29) is 10.9 Å². The fourth-order valence-electron chi connectivity index (χ4n) is 2.38. The molecular weight excluding hydrogens is 246 g/mol. The lowest BCUT2D eigenvalue weighted by molar-refractivity contribution is -0.140. The molecule has 17 heavy (non-hydrogen) atoms. The molecule has 0 aromatic rings. The van der Waals surface area contributed by atoms with Gasteiger partial charge in [-0.2, -0.15) is 0 Å². The van der Waals surface area contributed by atoms with Gasteiger partial charge >= 0.3 is 0 Å². The van der Waals surface area contributed by atoms with Gasteiger partial charge < -0.3 is 10.6 Å². The fraction of sp³-hybridized carbons (Fsp3) is 0.818. The quantitative estimate of drug-likeness (QED) is 0.789. The van der Waals surface area contributed by atoms with E-state index >= 15 is 0 Å². The van der Waals surface area contributed by atoms with E-state index in [0.29, 0.717) is 12.8 Å². The van der Waals surface area contributed by atoms with Crippen molar-refractivity contribution in [2.75, 3.05) is 13.6 Å². The van der Waals surface area contributed by atoms with Crippen LogP contribution in [-0.2, 0) is 4.79 Å². The van der Waals surface area contributed by atoms with Crippen LogP contribution in [0.5, 0.6) is 0 Å². The van der Waals surface area contributed by atoms with Gasteiger partial charge in [-0.25, -0.2) is 8.78 Å². The van der Waals surface area contributed by atoms with Crippen LogP contribution in [0.15, 0.2) is 0 Å². The number of carbonyl (C=O) groups is 1. The molecule has 0 atom stereocenters. The molecule has 1 rings (SSSR count). The Hall–Kier alpha value is -0.780. The molecular formula is C11H18F2N2OS. The summed E-state index contributed by atoms with van der Waals surface area (Å²) in [6.07, 6.45) is 1.40. The van der Waals surface area contributed by atoms with E-state index in [9.17, 15) is 13.6 Å². The van der Waals surface area contributed by atoms with Crippen molar-refractivity contribution in [1.29, 1.82) is 0 Å². The number of halogens is 2. The van der Waals surface area contributed by atoms with Crippen LogP contribution in [0.1, 0.15) is 32.1 Å². The summed E-state index contributed by atoms with van der Waals surface area (Å²) in [4.78, 5) is 13.4. The molecule has 2 N–H and O–H groups in total. The van der Waals surface area contributed by atoms with Crippen LogP contribution in [0.4, 0.5) is 8.78 Å². The van der Waals surface area contributed by atoms with E-state index in [1.807, 2.05) is 0 Å². The minimum Gasteiger partial charge on any atom is -0.392 e. The van der Waals surface area contributed by atoms with Crippen LogP contribution in [0.25, 0.3) is 0 Å². The third-order valence-electron chi connectivity index (χ3n) is 3.35. The number of nitrogens with two attached hydrogens (primary N) is 1. The summed E-state index contributed by atoms with van der Waals surface area (Å²) < 4.78 is 24.6. The van der Waals surface area contributed by atoms with Crippen molar-refractivity contribution in [2.45, 2.75) is 38.5 Å². The third-order valence-corrected chi connectivity index (χ3v) is 3.74. The first-order chi connectivity index (χ1) is 7.90. The summed E-state index contributed by atoms with van der Waals surface area (Å²) in [7, 11) is 1.38. The highest BCUT2D eigenvalue weighted by atomic mass is 32.1. The Morgan fingerprint density at radius 2 is 1.94 bits per heavy atom. The minimum atomic E-state index is -2.53. The molecule has 0 aromatic carbocycles. The maximum absolute atomic E-state index is 12.3. The molecule has 0 radical (unpaired) electrons. The SMILES string of the molecule is CN(CC(F)F)C(=O)C1(C(N)=S)CCCCC1. The summed E-state index contributed by atoms with van der Waals surface area (Å²) in [5.41, 5.74) is 4.78. The number of hydrogen-bond donors (Lipinski definition) is 1. The molecule has 1 aliphatic rings. The normalized spacial score (nSPS) is 19.1. The van der Waals surface area contributed by atoms with Crippen LogP contribution in [0.3, 0.4) is 0 Å². The van der Waals surface area contributed by atoms with E-state index in [1.54, 1.807) is 0 Å². The first-order valence-corrected chi connectivity index (χ1v) is 6.14. The largest absolute Gasteiger partial charge is 0.392 e. The summed E-state index contributed by atoms with van der Waals surface area (Å²) in [5, 5.41) is 0. The number of hydrogen-bond acceptors (Lipinski definition) is 2. The van der Waals surface area contributed by atoms with Gasteiger partial charge in [0, 0.05) is 7.05 Å². The highest BCUT2D eigenvalue weighted by Crippen LogP contribution is 2.38. The zero-order valence-corrected chi connectivity index (χ0v) is 10.7. The van der Waals surface area contributed by atoms with E-state index in [1.165, 1.54) is 7.05 Å². The first kappa shape index (κ1) is 14.3. The van der Waals surface area contributed by atoms with Crippen molar-refractivity contribution < 1.29 is 13.6 Å². The Balaban J connectivity index is 2.83. The molecule has 0 saturated heterocycles. The Morgan fingerprint density at radius 3 is 2.35 bits per heavy atom. The number of carbonyl (C=O) groups excluding carboxylic acids is 1. The summed E-state index contributed by atoms with van der Waals surface area (Å²) in [6, 6.07) is 0. The Morgan fingerprint density at radius 1 is 1.41 bits per heavy atom. The molecule has 1 saturated carbocycles. The molecule has 0 unspecified atom stereocenters. The van der Waals surface area contributed by atoms with Crippen molar-refractivity contribution in [3.05, 3.63) is 0 Å². The molecule has 0 aliphatic heterocycles. The van der Waals surface area contributed by atoms with Gasteiger partial charge in [0.05, 0.1) is 16.9 Å². The van der Waals surface area contributed by atoms with Gasteiger partial charge in [0.25, 0.3) is 6.43 Å². The van der Waals surface area contributed by atoms with Crippen LogP contribution in [0, 0.1) is 5.41 Å². The average molecular weight is 264 g/mol. The van der Waals surface area contributed by atoms with E-state index < -0.39 is 18.4 Å². The van der Waals surface area contributed by atoms with Crippen molar-refractivity contribution in [2.24, 2.45) is 11.1 Å². The molecule has 0 spiro atoms. The second kappa shape index (κ2) is 5.71. The zero-order chi connectivity index (χ0) is 13.1. The van der Waals surface area contributed by atoms with Crippen molar-refractivity contribution in [1.82, 2.24) is 4.90 Å². The van der Waals surface area contributed by atoms with Gasteiger partial charge in [0.15, 0.2) is 0 Å². The lowest BCUT2D eigenvalue weighted by Crippen LogP contribution is -2.51. The van der Waals surface area contributed by atoms with E-state index in [4.69, 9.17) is 18.0 Å². The standard InChI is InChI=1S/C11H18F2N2OS/c1-15(7-8(12)13)10(16)11(9(14)17)5-3-2-4-6-11/h8H,2-7H2,1H3,(H2,14,17). The highest BCUT2D eigenvalue weighted by Gasteiger charge is 2.44. The molecule has 0 bridgehead atoms. The van der Waals surface area contributed by atoms with Crippen molar-refractivity contribution in [3.8, 4) is 0 Å². The number of rotatable bonds is 4. The zero-order valence-electron chi connectivity index (χ0n) is 9.92. The molecule has 6 heteroatoms. The first-order valence-electron chi connectivity index (χ1n) is 5.74. The van der Waals surface area contributed by atoms with Crippen molar-refractivity contribution in [3.63, 3.8) is 0 Å². The van der Waals surface area contributed by atoms with Crippen LogP contribution in [0.2, 0.25) is 0 Å². The lowest BCUT2D eigenvalue weighted by Gasteiger charge is -2.37. The maximum Gasteiger partial charge on any atom is 0.255 e. The molecule has 1 fully saturated rings. The van der Waals surface area contributed by atoms with Gasteiger partial charge in [-0.1, -0.05) is 31.5 Å². The second-order valence-corrected chi connectivity index (χ2v) is 5.02. The number of thiocarbonyl (C=S) groups is 1. The number of alkyl halides is 2. The predicted molar refractivity (Wildman–Crippen MR) is 65.9 cm³/mol. The molecule has 3 nitrogen and oxygen atoms in total. The topological polar surface area (TPSA) is 46.3 Å². The van der Waals surface area contributed by atoms with Gasteiger partial charge in [-0.15, -0.1) is 0 Å². The van der Waals surface area contributed by atoms with E-state index in [0.717, 1.165) is 24.2 Å². The predicted octanol–water partition coefficient (Wildman–Crippen LogP) is 1.95. The molecule has 98 valence electrons. The van der Waals surface area contributed by atoms with Crippen molar-refractivity contribution >= 4 is 23.1 Å². The van der Waals surface area contributed by atoms with Gasteiger partial charge in [-0.3, -0.25) is 4.79 Å². The van der Waals surface area contributed by atoms with Crippen LogP contribution < -0.4 is 5.73 Å². The number of nitrogens with zero attached hydrogens (tertiary/aromatic N) is 1. The van der Waals surface area contributed by atoms with Gasteiger partial charge in [-0.05, 0) is 12.8 Å². The Bertz CT molecular complexity index is 304. The monoisotopic (exact) mass is 264 g/mol. The molecule has 1 aliphatic carbocycles. The second-order valence-electron chi connectivity index (χ2n) is 4.58. The number of amides is 1. The fourth-order valence-corrected chi connectivity index (χ4v) is 2.67. The molecule has 0 aromatic heterocycles. The average Bonchev–Trinajstić information content (AvgIpc) is 2.27. The third kappa shape index (κ3) is 3.12. The summed E-state index contributed by atoms with van der Waals surface area (Å²) >= 11 is 4.98. The minimum absolute atomic E-state index is 0.142. The molecule has 0 heterocycles. The molecule has 1 amide bonds. The van der Waals surface area contributed by atoms with E-state index in [2.05, 4.69) is 0 Å². The Kier molecular flexibility index (Phi) is 4.80. The summed E-state index contributed by atoms with van der Waals surface area (Å²) in [6.45, 7) is -0.566.